The van der Waals surface area contributed by atoms with Gasteiger partial charge in [0.05, 0.1) is 19.4 Å². The first-order chi connectivity index (χ1) is 9.63. The average Bonchev–Trinajstić information content (AvgIpc) is 2.89. The SMILES string of the molecule is CCOC(=O)c1csc(Nc2ccc(F)cc2OC)n1. The molecule has 1 aromatic heterocycles. The second kappa shape index (κ2) is 6.33. The van der Waals surface area contributed by atoms with Gasteiger partial charge in [0, 0.05) is 11.4 Å². The van der Waals surface area contributed by atoms with E-state index >= 15 is 0 Å². The van der Waals surface area contributed by atoms with E-state index in [1.807, 2.05) is 0 Å². The highest BCUT2D eigenvalue weighted by molar-refractivity contribution is 7.14. The first-order valence-electron chi connectivity index (χ1n) is 5.87. The Labute approximate surface area is 119 Å². The summed E-state index contributed by atoms with van der Waals surface area (Å²) in [5.41, 5.74) is 0.805. The monoisotopic (exact) mass is 296 g/mol. The van der Waals surface area contributed by atoms with Crippen LogP contribution in [0.1, 0.15) is 17.4 Å². The number of anilines is 2. The van der Waals surface area contributed by atoms with Gasteiger partial charge < -0.3 is 14.8 Å². The van der Waals surface area contributed by atoms with Crippen molar-refractivity contribution in [3.8, 4) is 5.75 Å². The molecule has 1 aromatic carbocycles. The molecule has 5 nitrogen and oxygen atoms in total. The van der Waals surface area contributed by atoms with Gasteiger partial charge in [-0.05, 0) is 19.1 Å². The van der Waals surface area contributed by atoms with E-state index in [1.54, 1.807) is 18.4 Å². The molecular formula is C13H13FN2O3S. The van der Waals surface area contributed by atoms with Crippen molar-refractivity contribution in [1.29, 1.82) is 0 Å². The van der Waals surface area contributed by atoms with Crippen LogP contribution in [0.2, 0.25) is 0 Å². The predicted molar refractivity (Wildman–Crippen MR) is 74.3 cm³/mol. The number of hydrogen-bond donors (Lipinski definition) is 1. The normalized spacial score (nSPS) is 10.2. The van der Waals surface area contributed by atoms with Crippen molar-refractivity contribution in [3.63, 3.8) is 0 Å². The molecule has 0 saturated carbocycles. The number of carbonyl (C=O) groups excluding carboxylic acids is 1. The Morgan fingerprint density at radius 1 is 1.50 bits per heavy atom. The van der Waals surface area contributed by atoms with Crippen LogP contribution < -0.4 is 10.1 Å². The van der Waals surface area contributed by atoms with Crippen molar-refractivity contribution in [2.24, 2.45) is 0 Å². The van der Waals surface area contributed by atoms with E-state index < -0.39 is 11.8 Å². The summed E-state index contributed by atoms with van der Waals surface area (Å²) in [4.78, 5) is 15.6. The molecule has 0 aliphatic rings. The van der Waals surface area contributed by atoms with Crippen molar-refractivity contribution in [2.45, 2.75) is 6.92 Å². The molecule has 0 amide bonds. The van der Waals surface area contributed by atoms with Crippen LogP contribution >= 0.6 is 11.3 Å². The zero-order chi connectivity index (χ0) is 14.5. The Hall–Kier alpha value is -2.15. The highest BCUT2D eigenvalue weighted by atomic mass is 32.1. The van der Waals surface area contributed by atoms with Crippen LogP contribution in [0, 0.1) is 5.82 Å². The first kappa shape index (κ1) is 14.3. The number of halogens is 1. The predicted octanol–water partition coefficient (Wildman–Crippen LogP) is 3.21. The lowest BCUT2D eigenvalue weighted by molar-refractivity contribution is 0.0520. The lowest BCUT2D eigenvalue weighted by Gasteiger charge is -2.08. The van der Waals surface area contributed by atoms with Gasteiger partial charge in [0.25, 0.3) is 0 Å². The fourth-order valence-corrected chi connectivity index (χ4v) is 2.21. The molecule has 7 heteroatoms. The molecule has 0 saturated heterocycles. The quantitative estimate of drug-likeness (QED) is 0.858. The average molecular weight is 296 g/mol. The molecule has 0 bridgehead atoms. The number of benzene rings is 1. The van der Waals surface area contributed by atoms with E-state index in [-0.39, 0.29) is 5.69 Å². The van der Waals surface area contributed by atoms with Gasteiger partial charge >= 0.3 is 5.97 Å². The second-order valence-corrected chi connectivity index (χ2v) is 4.59. The van der Waals surface area contributed by atoms with E-state index in [0.29, 0.717) is 23.2 Å². The van der Waals surface area contributed by atoms with Gasteiger partial charge in [-0.1, -0.05) is 0 Å². The Kier molecular flexibility index (Phi) is 4.52. The number of rotatable bonds is 5. The fourth-order valence-electron chi connectivity index (χ4n) is 1.51. The van der Waals surface area contributed by atoms with Crippen LogP contribution in [-0.4, -0.2) is 24.7 Å². The van der Waals surface area contributed by atoms with Gasteiger partial charge in [-0.25, -0.2) is 14.2 Å². The van der Waals surface area contributed by atoms with Gasteiger partial charge in [0.15, 0.2) is 10.8 Å². The van der Waals surface area contributed by atoms with Gasteiger partial charge in [-0.2, -0.15) is 0 Å². The summed E-state index contributed by atoms with van der Waals surface area (Å²) in [7, 11) is 1.45. The molecule has 0 unspecified atom stereocenters. The van der Waals surface area contributed by atoms with Gasteiger partial charge in [-0.3, -0.25) is 0 Å². The van der Waals surface area contributed by atoms with E-state index in [2.05, 4.69) is 10.3 Å². The number of thiazole rings is 1. The van der Waals surface area contributed by atoms with E-state index in [4.69, 9.17) is 9.47 Å². The van der Waals surface area contributed by atoms with Crippen LogP contribution in [0.25, 0.3) is 0 Å². The molecule has 2 rings (SSSR count). The largest absolute Gasteiger partial charge is 0.494 e. The Morgan fingerprint density at radius 2 is 2.30 bits per heavy atom. The molecule has 2 aromatic rings. The number of esters is 1. The molecule has 1 N–H and O–H groups in total. The zero-order valence-corrected chi connectivity index (χ0v) is 11.8. The molecule has 0 spiro atoms. The Balaban J connectivity index is 2.16. The minimum Gasteiger partial charge on any atom is -0.494 e. The number of nitrogens with zero attached hydrogens (tertiary/aromatic N) is 1. The molecule has 1 heterocycles. The number of methoxy groups -OCH3 is 1. The minimum absolute atomic E-state index is 0.237. The molecule has 0 aliphatic heterocycles. The highest BCUT2D eigenvalue weighted by Crippen LogP contribution is 2.29. The van der Waals surface area contributed by atoms with Crippen LogP contribution in [-0.2, 0) is 4.74 Å². The van der Waals surface area contributed by atoms with E-state index in [9.17, 15) is 9.18 Å². The zero-order valence-electron chi connectivity index (χ0n) is 11.0. The van der Waals surface area contributed by atoms with Gasteiger partial charge in [0.1, 0.15) is 11.6 Å². The summed E-state index contributed by atoms with van der Waals surface area (Å²) in [6.07, 6.45) is 0. The number of aromatic nitrogens is 1. The van der Waals surface area contributed by atoms with Crippen molar-refractivity contribution < 1.29 is 18.7 Å². The third kappa shape index (κ3) is 3.24. The molecule has 106 valence electrons. The van der Waals surface area contributed by atoms with Gasteiger partial charge in [0.2, 0.25) is 0 Å². The summed E-state index contributed by atoms with van der Waals surface area (Å²) in [6, 6.07) is 4.12. The van der Waals surface area contributed by atoms with Crippen LogP contribution in [0.5, 0.6) is 5.75 Å². The lowest BCUT2D eigenvalue weighted by Crippen LogP contribution is -2.05. The molecular weight excluding hydrogens is 283 g/mol. The number of nitrogens with one attached hydrogen (secondary N) is 1. The Bertz CT molecular complexity index is 615. The first-order valence-corrected chi connectivity index (χ1v) is 6.75. The van der Waals surface area contributed by atoms with Crippen molar-refractivity contribution >= 4 is 28.1 Å². The van der Waals surface area contributed by atoms with Crippen LogP contribution in [0.15, 0.2) is 23.6 Å². The molecule has 20 heavy (non-hydrogen) atoms. The summed E-state index contributed by atoms with van der Waals surface area (Å²) < 4.78 is 23.0. The smallest absolute Gasteiger partial charge is 0.357 e. The highest BCUT2D eigenvalue weighted by Gasteiger charge is 2.13. The maximum atomic E-state index is 13.1. The second-order valence-electron chi connectivity index (χ2n) is 3.73. The molecule has 0 fully saturated rings. The lowest BCUT2D eigenvalue weighted by atomic mass is 10.3. The summed E-state index contributed by atoms with van der Waals surface area (Å²) in [6.45, 7) is 2.03. The molecule has 0 atom stereocenters. The molecule has 0 radical (unpaired) electrons. The van der Waals surface area contributed by atoms with E-state index in [1.165, 1.54) is 30.6 Å². The summed E-state index contributed by atoms with van der Waals surface area (Å²) in [5.74, 6) is -0.500. The summed E-state index contributed by atoms with van der Waals surface area (Å²) >= 11 is 1.25. The number of hydrogen-bond acceptors (Lipinski definition) is 6. The maximum absolute atomic E-state index is 13.1. The standard InChI is InChI=1S/C13H13FN2O3S/c1-3-19-12(17)10-7-20-13(16-10)15-9-5-4-8(14)6-11(9)18-2/h4-7H,3H2,1-2H3,(H,15,16). The number of ether oxygens (including phenoxy) is 2. The maximum Gasteiger partial charge on any atom is 0.357 e. The van der Waals surface area contributed by atoms with Crippen molar-refractivity contribution in [2.75, 3.05) is 19.0 Å². The van der Waals surface area contributed by atoms with Crippen molar-refractivity contribution in [1.82, 2.24) is 4.98 Å². The van der Waals surface area contributed by atoms with Gasteiger partial charge in [-0.15, -0.1) is 11.3 Å². The van der Waals surface area contributed by atoms with Crippen molar-refractivity contribution in [3.05, 3.63) is 35.1 Å². The molecule has 0 aliphatic carbocycles. The third-order valence-electron chi connectivity index (χ3n) is 2.39. The number of carbonyl (C=O) groups is 1. The Morgan fingerprint density at radius 3 is 3.00 bits per heavy atom. The van der Waals surface area contributed by atoms with Crippen LogP contribution in [0.4, 0.5) is 15.2 Å². The third-order valence-corrected chi connectivity index (χ3v) is 3.15. The minimum atomic E-state index is -0.470. The van der Waals surface area contributed by atoms with E-state index in [0.717, 1.165) is 0 Å². The van der Waals surface area contributed by atoms with Crippen LogP contribution in [0.3, 0.4) is 0 Å². The topological polar surface area (TPSA) is 60.5 Å². The summed E-state index contributed by atoms with van der Waals surface area (Å²) in [5, 5.41) is 5.07. The fraction of sp³-hybridized carbons (Fsp3) is 0.231.